The summed E-state index contributed by atoms with van der Waals surface area (Å²) in [5, 5.41) is 12.2. The highest BCUT2D eigenvalue weighted by atomic mass is 16.2. The molecule has 1 aromatic heterocycles. The lowest BCUT2D eigenvalue weighted by atomic mass is 10.2. The molecule has 8 heteroatoms. The van der Waals surface area contributed by atoms with Gasteiger partial charge in [-0.05, 0) is 36.2 Å². The Kier molecular flexibility index (Phi) is 5.80. The maximum Gasteiger partial charge on any atom is 0.317 e. The van der Waals surface area contributed by atoms with Gasteiger partial charge in [-0.15, -0.1) is 0 Å². The molecule has 30 heavy (non-hydrogen) atoms. The summed E-state index contributed by atoms with van der Waals surface area (Å²) in [4.78, 5) is 34.5. The zero-order valence-corrected chi connectivity index (χ0v) is 16.8. The van der Waals surface area contributed by atoms with E-state index in [1.54, 1.807) is 28.1 Å². The number of amides is 3. The van der Waals surface area contributed by atoms with Crippen LogP contribution in [0.3, 0.4) is 0 Å². The van der Waals surface area contributed by atoms with Gasteiger partial charge in [0.2, 0.25) is 5.91 Å². The van der Waals surface area contributed by atoms with Gasteiger partial charge in [0.05, 0.1) is 5.56 Å². The number of hydrogen-bond acceptors (Lipinski definition) is 5. The summed E-state index contributed by atoms with van der Waals surface area (Å²) < 4.78 is 0. The van der Waals surface area contributed by atoms with E-state index in [4.69, 9.17) is 0 Å². The van der Waals surface area contributed by atoms with Crippen LogP contribution in [0.5, 0.6) is 0 Å². The summed E-state index contributed by atoms with van der Waals surface area (Å²) in [5.41, 5.74) is 2.40. The second-order valence-electron chi connectivity index (χ2n) is 7.44. The van der Waals surface area contributed by atoms with Crippen molar-refractivity contribution >= 4 is 23.4 Å². The summed E-state index contributed by atoms with van der Waals surface area (Å²) in [6, 6.07) is 13.3. The number of rotatable bonds is 4. The van der Waals surface area contributed by atoms with E-state index in [1.807, 2.05) is 29.2 Å². The van der Waals surface area contributed by atoms with E-state index in [-0.39, 0.29) is 11.9 Å². The number of nitriles is 1. The van der Waals surface area contributed by atoms with Crippen LogP contribution in [-0.4, -0.2) is 54.5 Å². The number of pyridine rings is 1. The summed E-state index contributed by atoms with van der Waals surface area (Å²) in [5.74, 6) is 0.829. The molecule has 2 aromatic rings. The van der Waals surface area contributed by atoms with Crippen LogP contribution in [0.2, 0.25) is 0 Å². The number of urea groups is 1. The van der Waals surface area contributed by atoms with Gasteiger partial charge in [-0.25, -0.2) is 9.78 Å². The average Bonchev–Trinajstić information content (AvgIpc) is 3.23. The molecule has 3 heterocycles. The minimum Gasteiger partial charge on any atom is -0.352 e. The Bertz CT molecular complexity index is 978. The van der Waals surface area contributed by atoms with E-state index in [0.29, 0.717) is 50.5 Å². The van der Waals surface area contributed by atoms with Crippen molar-refractivity contribution in [3.05, 3.63) is 53.7 Å². The Morgan fingerprint density at radius 2 is 1.97 bits per heavy atom. The molecule has 2 aliphatic rings. The van der Waals surface area contributed by atoms with Crippen LogP contribution in [-0.2, 0) is 11.3 Å². The molecule has 0 unspecified atom stereocenters. The Balaban J connectivity index is 1.30. The molecular formula is C22H24N6O2. The predicted octanol–water partition coefficient (Wildman–Crippen LogP) is 2.11. The number of piperazine rings is 1. The van der Waals surface area contributed by atoms with E-state index in [1.165, 1.54) is 0 Å². The van der Waals surface area contributed by atoms with E-state index in [9.17, 15) is 14.9 Å². The number of nitrogens with one attached hydrogen (secondary N) is 1. The zero-order valence-electron chi connectivity index (χ0n) is 16.8. The molecule has 0 aliphatic carbocycles. The van der Waals surface area contributed by atoms with Crippen molar-refractivity contribution < 1.29 is 9.59 Å². The molecule has 1 N–H and O–H groups in total. The summed E-state index contributed by atoms with van der Waals surface area (Å²) in [7, 11) is 0. The molecule has 154 valence electrons. The molecule has 8 nitrogen and oxygen atoms in total. The highest BCUT2D eigenvalue weighted by Crippen LogP contribution is 2.22. The number of anilines is 2. The third-order valence-corrected chi connectivity index (χ3v) is 5.51. The average molecular weight is 404 g/mol. The Morgan fingerprint density at radius 3 is 2.70 bits per heavy atom. The van der Waals surface area contributed by atoms with Gasteiger partial charge in [-0.3, -0.25) is 4.79 Å². The number of nitrogens with zero attached hydrogens (tertiary/aromatic N) is 5. The number of benzene rings is 1. The normalized spacial score (nSPS) is 16.5. The molecule has 1 aromatic carbocycles. The van der Waals surface area contributed by atoms with Gasteiger partial charge >= 0.3 is 6.03 Å². The fourth-order valence-corrected chi connectivity index (χ4v) is 3.90. The van der Waals surface area contributed by atoms with Crippen molar-refractivity contribution in [3.63, 3.8) is 0 Å². The fraction of sp³-hybridized carbons (Fsp3) is 0.364. The van der Waals surface area contributed by atoms with Crippen molar-refractivity contribution in [3.8, 4) is 6.07 Å². The largest absolute Gasteiger partial charge is 0.352 e. The van der Waals surface area contributed by atoms with E-state index < -0.39 is 0 Å². The first-order valence-electron chi connectivity index (χ1n) is 10.2. The van der Waals surface area contributed by atoms with Crippen molar-refractivity contribution in [1.82, 2.24) is 15.2 Å². The maximum absolute atomic E-state index is 12.6. The minimum atomic E-state index is -0.112. The lowest BCUT2D eigenvalue weighted by molar-refractivity contribution is -0.117. The molecule has 2 aliphatic heterocycles. The van der Waals surface area contributed by atoms with Gasteiger partial charge in [-0.1, -0.05) is 12.1 Å². The molecule has 0 atom stereocenters. The molecule has 4 rings (SSSR count). The van der Waals surface area contributed by atoms with Crippen molar-refractivity contribution in [2.75, 3.05) is 42.5 Å². The lowest BCUT2D eigenvalue weighted by Gasteiger charge is -2.35. The molecule has 2 saturated heterocycles. The molecule has 0 spiro atoms. The number of aromatic nitrogens is 1. The zero-order chi connectivity index (χ0) is 20.9. The molecule has 2 fully saturated rings. The van der Waals surface area contributed by atoms with Gasteiger partial charge in [0.25, 0.3) is 0 Å². The van der Waals surface area contributed by atoms with Crippen LogP contribution >= 0.6 is 0 Å². The second-order valence-corrected chi connectivity index (χ2v) is 7.44. The molecule has 0 bridgehead atoms. The van der Waals surface area contributed by atoms with Crippen LogP contribution in [0.15, 0.2) is 42.6 Å². The number of carbonyl (C=O) groups is 2. The Morgan fingerprint density at radius 1 is 1.13 bits per heavy atom. The summed E-state index contributed by atoms with van der Waals surface area (Å²) in [6.45, 7) is 3.55. The minimum absolute atomic E-state index is 0.112. The summed E-state index contributed by atoms with van der Waals surface area (Å²) in [6.07, 6.45) is 3.17. The van der Waals surface area contributed by atoms with Crippen LogP contribution in [0, 0.1) is 11.3 Å². The van der Waals surface area contributed by atoms with Gasteiger partial charge < -0.3 is 20.0 Å². The molecule has 0 saturated carbocycles. The first kappa shape index (κ1) is 19.7. The van der Waals surface area contributed by atoms with Crippen LogP contribution < -0.4 is 15.1 Å². The topological polar surface area (TPSA) is 92.6 Å². The third-order valence-electron chi connectivity index (χ3n) is 5.51. The Labute approximate surface area is 175 Å². The van der Waals surface area contributed by atoms with Crippen LogP contribution in [0.1, 0.15) is 24.0 Å². The standard InChI is InChI=1S/C22H24N6O2/c23-15-18-5-2-8-24-21(18)26-10-12-27(13-11-26)22(30)25-16-17-4-1-6-19(14-17)28-9-3-7-20(28)29/h1-2,4-6,8,14H,3,7,9-13,16H2,(H,25,30). The highest BCUT2D eigenvalue weighted by Gasteiger charge is 2.24. The second kappa shape index (κ2) is 8.82. The van der Waals surface area contributed by atoms with Gasteiger partial charge in [-0.2, -0.15) is 5.26 Å². The third kappa shape index (κ3) is 4.20. The van der Waals surface area contributed by atoms with E-state index in [2.05, 4.69) is 16.4 Å². The van der Waals surface area contributed by atoms with E-state index >= 15 is 0 Å². The Hall–Kier alpha value is -3.60. The smallest absolute Gasteiger partial charge is 0.317 e. The molecular weight excluding hydrogens is 380 g/mol. The van der Waals surface area contributed by atoms with Crippen LogP contribution in [0.4, 0.5) is 16.3 Å². The quantitative estimate of drug-likeness (QED) is 0.843. The van der Waals surface area contributed by atoms with Crippen molar-refractivity contribution in [2.24, 2.45) is 0 Å². The van der Waals surface area contributed by atoms with Crippen LogP contribution in [0.25, 0.3) is 0 Å². The number of hydrogen-bond donors (Lipinski definition) is 1. The van der Waals surface area contributed by atoms with Gasteiger partial charge in [0, 0.05) is 57.6 Å². The number of carbonyl (C=O) groups excluding carboxylic acids is 2. The predicted molar refractivity (Wildman–Crippen MR) is 113 cm³/mol. The first-order chi connectivity index (χ1) is 14.7. The van der Waals surface area contributed by atoms with Crippen molar-refractivity contribution in [2.45, 2.75) is 19.4 Å². The fourth-order valence-electron chi connectivity index (χ4n) is 3.90. The summed E-state index contributed by atoms with van der Waals surface area (Å²) >= 11 is 0. The molecule has 0 radical (unpaired) electrons. The lowest BCUT2D eigenvalue weighted by Crippen LogP contribution is -2.52. The van der Waals surface area contributed by atoms with E-state index in [0.717, 1.165) is 24.2 Å². The monoisotopic (exact) mass is 404 g/mol. The van der Waals surface area contributed by atoms with Gasteiger partial charge in [0.15, 0.2) is 0 Å². The SMILES string of the molecule is N#Cc1cccnc1N1CCN(C(=O)NCc2cccc(N3CCCC3=O)c2)CC1. The van der Waals surface area contributed by atoms with Crippen molar-refractivity contribution in [1.29, 1.82) is 5.26 Å². The molecule has 3 amide bonds. The van der Waals surface area contributed by atoms with Gasteiger partial charge in [0.1, 0.15) is 11.9 Å². The first-order valence-corrected chi connectivity index (χ1v) is 10.2. The maximum atomic E-state index is 12.6. The highest BCUT2D eigenvalue weighted by molar-refractivity contribution is 5.95.